The molecule has 26 heavy (non-hydrogen) atoms. The van der Waals surface area contributed by atoms with Gasteiger partial charge < -0.3 is 10.1 Å². The summed E-state index contributed by atoms with van der Waals surface area (Å²) in [6.07, 6.45) is -2.00. The van der Waals surface area contributed by atoms with Gasteiger partial charge in [-0.05, 0) is 38.6 Å². The predicted molar refractivity (Wildman–Crippen MR) is 90.3 cm³/mol. The minimum absolute atomic E-state index is 0.0636. The number of nitro groups is 1. The van der Waals surface area contributed by atoms with Gasteiger partial charge in [-0.15, -0.1) is 0 Å². The number of halogens is 3. The van der Waals surface area contributed by atoms with Crippen molar-refractivity contribution >= 4 is 11.6 Å². The van der Waals surface area contributed by atoms with Crippen LogP contribution in [0.5, 0.6) is 5.75 Å². The fraction of sp³-hybridized carbons (Fsp3) is 0.235. The maximum atomic E-state index is 13.0. The standard InChI is InChI=1S/C17H17F3N2O4/c1-10(12(3)22(24)25)5-6-11(2)16(23)21-13-7-8-15(26-4)14(9-13)17(18,19)20/h5-9H,3H2,1-2,4H3,(H,21,23)/b10-5-,11-6+. The lowest BCUT2D eigenvalue weighted by Gasteiger charge is -2.14. The molecule has 1 amide bonds. The zero-order valence-electron chi connectivity index (χ0n) is 14.3. The van der Waals surface area contributed by atoms with Crippen molar-refractivity contribution in [2.45, 2.75) is 20.0 Å². The number of allylic oxidation sites excluding steroid dienone is 3. The summed E-state index contributed by atoms with van der Waals surface area (Å²) >= 11 is 0. The third kappa shape index (κ3) is 5.47. The minimum atomic E-state index is -4.64. The molecule has 0 fully saturated rings. The van der Waals surface area contributed by atoms with Gasteiger partial charge in [0, 0.05) is 16.8 Å². The number of anilines is 1. The van der Waals surface area contributed by atoms with Crippen molar-refractivity contribution in [2.75, 3.05) is 12.4 Å². The molecule has 0 saturated carbocycles. The summed E-state index contributed by atoms with van der Waals surface area (Å²) in [5.74, 6) is -1.02. The van der Waals surface area contributed by atoms with Gasteiger partial charge in [0.2, 0.25) is 0 Å². The van der Waals surface area contributed by atoms with Gasteiger partial charge in [-0.3, -0.25) is 14.9 Å². The molecule has 1 N–H and O–H groups in total. The van der Waals surface area contributed by atoms with E-state index in [-0.39, 0.29) is 28.3 Å². The highest BCUT2D eigenvalue weighted by Gasteiger charge is 2.34. The van der Waals surface area contributed by atoms with Crippen molar-refractivity contribution in [3.63, 3.8) is 0 Å². The Morgan fingerprint density at radius 3 is 2.35 bits per heavy atom. The van der Waals surface area contributed by atoms with Crippen LogP contribution in [0.25, 0.3) is 0 Å². The van der Waals surface area contributed by atoms with Crippen LogP contribution in [-0.4, -0.2) is 17.9 Å². The van der Waals surface area contributed by atoms with Gasteiger partial charge in [-0.1, -0.05) is 12.2 Å². The van der Waals surface area contributed by atoms with Crippen LogP contribution in [0.2, 0.25) is 0 Å². The van der Waals surface area contributed by atoms with Gasteiger partial charge in [0.1, 0.15) is 5.75 Å². The highest BCUT2D eigenvalue weighted by Crippen LogP contribution is 2.37. The number of benzene rings is 1. The zero-order valence-corrected chi connectivity index (χ0v) is 14.3. The molecule has 0 saturated heterocycles. The van der Waals surface area contributed by atoms with Crippen molar-refractivity contribution in [1.82, 2.24) is 0 Å². The molecular formula is C17H17F3N2O4. The molecule has 0 aliphatic carbocycles. The van der Waals surface area contributed by atoms with E-state index in [0.717, 1.165) is 19.2 Å². The van der Waals surface area contributed by atoms with E-state index in [1.54, 1.807) is 0 Å². The van der Waals surface area contributed by atoms with E-state index < -0.39 is 22.6 Å². The van der Waals surface area contributed by atoms with Crippen molar-refractivity contribution in [2.24, 2.45) is 0 Å². The Balaban J connectivity index is 3.00. The summed E-state index contributed by atoms with van der Waals surface area (Å²) < 4.78 is 43.6. The third-order valence-corrected chi connectivity index (χ3v) is 3.38. The first-order chi connectivity index (χ1) is 12.0. The Bertz CT molecular complexity index is 796. The second-order valence-electron chi connectivity index (χ2n) is 5.27. The fourth-order valence-electron chi connectivity index (χ4n) is 1.80. The Kier molecular flexibility index (Phi) is 6.71. The van der Waals surface area contributed by atoms with Crippen LogP contribution >= 0.6 is 0 Å². The van der Waals surface area contributed by atoms with Crippen LogP contribution in [0.4, 0.5) is 18.9 Å². The van der Waals surface area contributed by atoms with Gasteiger partial charge in [0.15, 0.2) is 0 Å². The van der Waals surface area contributed by atoms with E-state index in [1.165, 1.54) is 32.1 Å². The molecule has 0 spiro atoms. The maximum Gasteiger partial charge on any atom is 0.420 e. The van der Waals surface area contributed by atoms with Crippen molar-refractivity contribution < 1.29 is 27.6 Å². The van der Waals surface area contributed by atoms with Gasteiger partial charge in [0.25, 0.3) is 11.6 Å². The number of carbonyl (C=O) groups is 1. The zero-order chi connectivity index (χ0) is 20.1. The topological polar surface area (TPSA) is 81.5 Å². The van der Waals surface area contributed by atoms with E-state index in [0.29, 0.717) is 0 Å². The fourth-order valence-corrected chi connectivity index (χ4v) is 1.80. The van der Waals surface area contributed by atoms with Crippen molar-refractivity contribution in [3.05, 3.63) is 69.5 Å². The van der Waals surface area contributed by atoms with E-state index >= 15 is 0 Å². The van der Waals surface area contributed by atoms with E-state index in [1.807, 2.05) is 0 Å². The number of hydrogen-bond donors (Lipinski definition) is 1. The van der Waals surface area contributed by atoms with Gasteiger partial charge in [0.05, 0.1) is 17.6 Å². The molecule has 0 bridgehead atoms. The molecule has 1 rings (SSSR count). The van der Waals surface area contributed by atoms with Crippen LogP contribution < -0.4 is 10.1 Å². The molecule has 0 aromatic heterocycles. The molecule has 9 heteroatoms. The number of carbonyl (C=O) groups excluding carboxylic acids is 1. The molecule has 0 aliphatic rings. The van der Waals surface area contributed by atoms with Crippen LogP contribution in [0.3, 0.4) is 0 Å². The summed E-state index contributed by atoms with van der Waals surface area (Å²) in [6, 6.07) is 3.14. The predicted octanol–water partition coefficient (Wildman–Crippen LogP) is 4.34. The normalized spacial score (nSPS) is 12.5. The third-order valence-electron chi connectivity index (χ3n) is 3.38. The summed E-state index contributed by atoms with van der Waals surface area (Å²) in [5.41, 5.74) is -1.01. The Hall–Kier alpha value is -3.10. The second kappa shape index (κ2) is 8.32. The minimum Gasteiger partial charge on any atom is -0.496 e. The number of rotatable bonds is 6. The van der Waals surface area contributed by atoms with Gasteiger partial charge in [-0.2, -0.15) is 13.2 Å². The number of hydrogen-bond acceptors (Lipinski definition) is 4. The van der Waals surface area contributed by atoms with Crippen molar-refractivity contribution in [1.29, 1.82) is 0 Å². The smallest absolute Gasteiger partial charge is 0.420 e. The lowest BCUT2D eigenvalue weighted by Crippen LogP contribution is -2.14. The number of nitrogens with one attached hydrogen (secondary N) is 1. The highest BCUT2D eigenvalue weighted by atomic mass is 19.4. The monoisotopic (exact) mass is 370 g/mol. The van der Waals surface area contributed by atoms with Gasteiger partial charge in [-0.25, -0.2) is 0 Å². The van der Waals surface area contributed by atoms with Crippen LogP contribution in [-0.2, 0) is 11.0 Å². The second-order valence-corrected chi connectivity index (χ2v) is 5.27. The number of alkyl halides is 3. The summed E-state index contributed by atoms with van der Waals surface area (Å²) in [4.78, 5) is 22.0. The number of nitrogens with zero attached hydrogens (tertiary/aromatic N) is 1. The first-order valence-corrected chi connectivity index (χ1v) is 7.22. The molecular weight excluding hydrogens is 353 g/mol. The number of amides is 1. The molecule has 6 nitrogen and oxygen atoms in total. The molecule has 1 aromatic carbocycles. The largest absolute Gasteiger partial charge is 0.496 e. The Labute approximate surface area is 147 Å². The van der Waals surface area contributed by atoms with Gasteiger partial charge >= 0.3 is 6.18 Å². The average Bonchev–Trinajstić information content (AvgIpc) is 2.57. The number of ether oxygens (including phenoxy) is 1. The summed E-state index contributed by atoms with van der Waals surface area (Å²) in [7, 11) is 1.11. The molecule has 1 aromatic rings. The molecule has 140 valence electrons. The van der Waals surface area contributed by atoms with E-state index in [9.17, 15) is 28.1 Å². The molecule has 0 atom stereocenters. The first-order valence-electron chi connectivity index (χ1n) is 7.22. The van der Waals surface area contributed by atoms with E-state index in [2.05, 4.69) is 16.6 Å². The molecule has 0 unspecified atom stereocenters. The molecule has 0 radical (unpaired) electrons. The quantitative estimate of drug-likeness (QED) is 0.350. The van der Waals surface area contributed by atoms with Crippen LogP contribution in [0.1, 0.15) is 19.4 Å². The lowest BCUT2D eigenvalue weighted by atomic mass is 10.1. The van der Waals surface area contributed by atoms with Crippen LogP contribution in [0.15, 0.2) is 53.8 Å². The lowest BCUT2D eigenvalue weighted by molar-refractivity contribution is -0.420. The molecule has 0 aliphatic heterocycles. The SMILES string of the molecule is C=C(/C(C)=C\C=C(/C)C(=O)Nc1ccc(OC)c(C(F)(F)F)c1)[N+](=O)[O-]. The molecule has 0 heterocycles. The maximum absolute atomic E-state index is 13.0. The Morgan fingerprint density at radius 2 is 1.85 bits per heavy atom. The van der Waals surface area contributed by atoms with Crippen molar-refractivity contribution in [3.8, 4) is 5.75 Å². The highest BCUT2D eigenvalue weighted by molar-refractivity contribution is 6.03. The van der Waals surface area contributed by atoms with E-state index in [4.69, 9.17) is 0 Å². The summed E-state index contributed by atoms with van der Waals surface area (Å²) in [5, 5.41) is 12.9. The number of methoxy groups -OCH3 is 1. The van der Waals surface area contributed by atoms with Crippen LogP contribution in [0, 0.1) is 10.1 Å². The average molecular weight is 370 g/mol. The Morgan fingerprint density at radius 1 is 1.27 bits per heavy atom. The first kappa shape index (κ1) is 20.9. The summed E-state index contributed by atoms with van der Waals surface area (Å²) in [6.45, 7) is 6.15.